The number of methoxy groups -OCH3 is 1. The Bertz CT molecular complexity index is 944. The molecule has 1 aromatic rings. The van der Waals surface area contributed by atoms with Crippen LogP contribution in [-0.2, 0) is 19.7 Å². The van der Waals surface area contributed by atoms with E-state index in [1.54, 1.807) is 6.07 Å². The summed E-state index contributed by atoms with van der Waals surface area (Å²) >= 11 is 0. The first-order valence-electron chi connectivity index (χ1n) is 10.2. The summed E-state index contributed by atoms with van der Waals surface area (Å²) in [5, 5.41) is 10.4. The molecule has 0 radical (unpaired) electrons. The van der Waals surface area contributed by atoms with Crippen molar-refractivity contribution in [2.24, 2.45) is 11.3 Å². The van der Waals surface area contributed by atoms with Crippen LogP contribution in [0.4, 0.5) is 5.69 Å². The van der Waals surface area contributed by atoms with Gasteiger partial charge >= 0.3 is 5.97 Å². The van der Waals surface area contributed by atoms with Gasteiger partial charge in [0.25, 0.3) is 0 Å². The number of piperidine rings is 2. The van der Waals surface area contributed by atoms with E-state index in [0.717, 1.165) is 37.2 Å². The number of esters is 1. The summed E-state index contributed by atoms with van der Waals surface area (Å²) in [4.78, 5) is 18.4. The molecule has 0 spiro atoms. The molecule has 5 aliphatic rings. The number of fused-ring (bicyclic) bond motifs is 3. The van der Waals surface area contributed by atoms with Crippen molar-refractivity contribution in [3.05, 3.63) is 35.4 Å². The minimum Gasteiger partial charge on any atom is -0.508 e. The van der Waals surface area contributed by atoms with Gasteiger partial charge in [0.15, 0.2) is 5.72 Å². The van der Waals surface area contributed by atoms with Gasteiger partial charge in [-0.05, 0) is 43.5 Å². The number of allylic oxidation sites excluding steroid dienone is 1. The Hall–Kier alpha value is -2.05. The number of carbonyl (C=O) groups is 1. The van der Waals surface area contributed by atoms with E-state index in [9.17, 15) is 9.90 Å². The first-order valence-corrected chi connectivity index (χ1v) is 10.2. The van der Waals surface area contributed by atoms with Crippen molar-refractivity contribution in [2.75, 3.05) is 38.8 Å². The van der Waals surface area contributed by atoms with Gasteiger partial charge in [0, 0.05) is 31.7 Å². The molecule has 1 saturated carbocycles. The molecule has 5 bridgehead atoms. The first kappa shape index (κ1) is 16.9. The number of likely N-dealkylation sites (N-methyl/N-ethyl adjacent to an activating group) is 1. The average Bonchev–Trinajstić information content (AvgIpc) is 3.08. The third-order valence-corrected chi connectivity index (χ3v) is 8.67. The summed E-state index contributed by atoms with van der Waals surface area (Å²) in [7, 11) is 3.58. The van der Waals surface area contributed by atoms with Crippen molar-refractivity contribution in [3.8, 4) is 5.75 Å². The fraction of sp³-hybridized carbons (Fsp3) is 0.591. The van der Waals surface area contributed by atoms with Crippen LogP contribution >= 0.6 is 0 Å². The highest BCUT2D eigenvalue weighted by molar-refractivity contribution is 5.86. The smallest absolute Gasteiger partial charge is 0.315 e. The molecule has 1 aromatic carbocycles. The maximum atomic E-state index is 13.6. The SMILES string of the molecule is C/C=C1/CN2CC[C@@]34c5cc(O)ccc5N(C)[C@]35OC[C@@]4(C(=O)OC)[C@H]1C[C@H]25. The van der Waals surface area contributed by atoms with Crippen LogP contribution in [0, 0.1) is 11.3 Å². The molecule has 1 N–H and O–H groups in total. The van der Waals surface area contributed by atoms with Gasteiger partial charge in [-0.1, -0.05) is 11.6 Å². The largest absolute Gasteiger partial charge is 0.508 e. The molecule has 4 aliphatic heterocycles. The van der Waals surface area contributed by atoms with Crippen LogP contribution in [0.3, 0.4) is 0 Å². The molecule has 5 atom stereocenters. The van der Waals surface area contributed by atoms with Gasteiger partial charge in [-0.15, -0.1) is 0 Å². The second-order valence-corrected chi connectivity index (χ2v) is 9.00. The maximum Gasteiger partial charge on any atom is 0.315 e. The van der Waals surface area contributed by atoms with Crippen LogP contribution in [0.15, 0.2) is 29.8 Å². The molecule has 6 heteroatoms. The number of hydrogen-bond acceptors (Lipinski definition) is 6. The van der Waals surface area contributed by atoms with E-state index in [1.165, 1.54) is 12.7 Å². The normalized spacial score (nSPS) is 44.0. The molecule has 148 valence electrons. The Kier molecular flexibility index (Phi) is 2.96. The Morgan fingerprint density at radius 3 is 3.00 bits per heavy atom. The molecule has 1 aliphatic carbocycles. The number of anilines is 1. The van der Waals surface area contributed by atoms with Crippen LogP contribution in [-0.4, -0.2) is 61.6 Å². The zero-order chi connectivity index (χ0) is 19.5. The summed E-state index contributed by atoms with van der Waals surface area (Å²) in [6.45, 7) is 4.25. The second-order valence-electron chi connectivity index (χ2n) is 9.00. The van der Waals surface area contributed by atoms with Gasteiger partial charge in [-0.2, -0.15) is 0 Å². The van der Waals surface area contributed by atoms with Crippen molar-refractivity contribution in [2.45, 2.75) is 36.9 Å². The predicted molar refractivity (Wildman–Crippen MR) is 103 cm³/mol. The molecule has 6 nitrogen and oxygen atoms in total. The molecule has 6 rings (SSSR count). The van der Waals surface area contributed by atoms with Gasteiger partial charge in [0.1, 0.15) is 11.2 Å². The van der Waals surface area contributed by atoms with E-state index in [4.69, 9.17) is 9.47 Å². The fourth-order valence-corrected chi connectivity index (χ4v) is 7.78. The fourth-order valence-electron chi connectivity index (χ4n) is 7.78. The number of carbonyl (C=O) groups excluding carboxylic acids is 1. The lowest BCUT2D eigenvalue weighted by Gasteiger charge is -2.66. The Morgan fingerprint density at radius 2 is 2.25 bits per heavy atom. The molecule has 4 fully saturated rings. The highest BCUT2D eigenvalue weighted by Gasteiger charge is 2.86. The quantitative estimate of drug-likeness (QED) is 0.592. The lowest BCUT2D eigenvalue weighted by molar-refractivity contribution is -0.184. The van der Waals surface area contributed by atoms with E-state index in [2.05, 4.69) is 29.8 Å². The third kappa shape index (κ3) is 1.37. The summed E-state index contributed by atoms with van der Waals surface area (Å²) in [5.74, 6) is 0.170. The van der Waals surface area contributed by atoms with Crippen LogP contribution in [0.5, 0.6) is 5.75 Å². The Morgan fingerprint density at radius 1 is 1.43 bits per heavy atom. The number of nitrogens with zero attached hydrogens (tertiary/aromatic N) is 2. The van der Waals surface area contributed by atoms with Gasteiger partial charge in [0.2, 0.25) is 0 Å². The molecule has 0 unspecified atom stereocenters. The first-order chi connectivity index (χ1) is 13.5. The number of rotatable bonds is 1. The molecule has 4 heterocycles. The van der Waals surface area contributed by atoms with Gasteiger partial charge in [-0.3, -0.25) is 9.69 Å². The number of benzene rings is 1. The molecule has 3 saturated heterocycles. The van der Waals surface area contributed by atoms with Gasteiger partial charge in [0.05, 0.1) is 25.2 Å². The number of ether oxygens (including phenoxy) is 2. The van der Waals surface area contributed by atoms with Crippen molar-refractivity contribution >= 4 is 11.7 Å². The Labute approximate surface area is 164 Å². The summed E-state index contributed by atoms with van der Waals surface area (Å²) in [5.41, 5.74) is 1.54. The van der Waals surface area contributed by atoms with Crippen LogP contribution < -0.4 is 4.90 Å². The monoisotopic (exact) mass is 382 g/mol. The van der Waals surface area contributed by atoms with Crippen LogP contribution in [0.1, 0.15) is 25.3 Å². The van der Waals surface area contributed by atoms with E-state index in [0.29, 0.717) is 6.61 Å². The van der Waals surface area contributed by atoms with Crippen LogP contribution in [0.2, 0.25) is 0 Å². The molecule has 0 amide bonds. The second kappa shape index (κ2) is 4.92. The molecular formula is C22H26N2O4. The highest BCUT2D eigenvalue weighted by Crippen LogP contribution is 2.76. The van der Waals surface area contributed by atoms with Crippen molar-refractivity contribution in [1.82, 2.24) is 4.90 Å². The minimum absolute atomic E-state index is 0.101. The van der Waals surface area contributed by atoms with Crippen LogP contribution in [0.25, 0.3) is 0 Å². The van der Waals surface area contributed by atoms with E-state index in [-0.39, 0.29) is 23.7 Å². The van der Waals surface area contributed by atoms with Gasteiger partial charge in [-0.25, -0.2) is 0 Å². The van der Waals surface area contributed by atoms with E-state index in [1.807, 2.05) is 12.1 Å². The van der Waals surface area contributed by atoms with Crippen molar-refractivity contribution in [3.63, 3.8) is 0 Å². The molecule has 0 aromatic heterocycles. The molecule has 28 heavy (non-hydrogen) atoms. The zero-order valence-electron chi connectivity index (χ0n) is 16.6. The molecular weight excluding hydrogens is 356 g/mol. The number of phenolic OH excluding ortho intramolecular Hbond substituents is 1. The third-order valence-electron chi connectivity index (χ3n) is 8.67. The number of hydrogen-bond donors (Lipinski definition) is 1. The lowest BCUT2D eigenvalue weighted by Crippen LogP contribution is -2.80. The van der Waals surface area contributed by atoms with E-state index >= 15 is 0 Å². The standard InChI is InChI=1S/C22H26N2O4/c1-4-13-11-24-8-7-21-16-9-14(25)5-6-17(16)23(2)22(21)18(24)10-15(13)20(21,12-28-22)19(26)27-3/h4-6,9,15,18,25H,7-8,10-12H2,1-3H3/b13-4-/t15-,18-,20-,21-,22+/m0/s1. The number of aromatic hydroxyl groups is 1. The summed E-state index contributed by atoms with van der Waals surface area (Å²) < 4.78 is 12.2. The topological polar surface area (TPSA) is 62.2 Å². The van der Waals surface area contributed by atoms with E-state index < -0.39 is 16.6 Å². The summed E-state index contributed by atoms with van der Waals surface area (Å²) in [6, 6.07) is 5.79. The van der Waals surface area contributed by atoms with Crippen molar-refractivity contribution in [1.29, 1.82) is 0 Å². The highest BCUT2D eigenvalue weighted by atomic mass is 16.6. The predicted octanol–water partition coefficient (Wildman–Crippen LogP) is 2.02. The zero-order valence-corrected chi connectivity index (χ0v) is 16.6. The van der Waals surface area contributed by atoms with Crippen molar-refractivity contribution < 1.29 is 19.4 Å². The minimum atomic E-state index is -0.764. The number of phenols is 1. The lowest BCUT2D eigenvalue weighted by atomic mass is 9.43. The average molecular weight is 382 g/mol. The Balaban J connectivity index is 1.75. The summed E-state index contributed by atoms with van der Waals surface area (Å²) in [6.07, 6.45) is 3.92. The maximum absolute atomic E-state index is 13.6. The van der Waals surface area contributed by atoms with Gasteiger partial charge < -0.3 is 19.5 Å².